The van der Waals surface area contributed by atoms with Gasteiger partial charge < -0.3 is 4.74 Å². The molecule has 4 nitrogen and oxygen atoms in total. The summed E-state index contributed by atoms with van der Waals surface area (Å²) < 4.78 is 5.22. The van der Waals surface area contributed by atoms with Crippen LogP contribution in [0.4, 0.5) is 0 Å². The molecule has 0 aromatic rings. The zero-order valence-corrected chi connectivity index (χ0v) is 8.73. The van der Waals surface area contributed by atoms with E-state index in [4.69, 9.17) is 9.57 Å². The quantitative estimate of drug-likeness (QED) is 0.502. The number of amides is 1. The minimum absolute atomic E-state index is 0.126. The van der Waals surface area contributed by atoms with Crippen molar-refractivity contribution in [2.24, 2.45) is 5.92 Å². The number of likely N-dealkylation sites (N-methyl/N-ethyl adjacent to an activating group) is 1. The van der Waals surface area contributed by atoms with Gasteiger partial charge in [-0.2, -0.15) is 0 Å². The van der Waals surface area contributed by atoms with E-state index in [2.05, 4.69) is 0 Å². The Morgan fingerprint density at radius 2 is 2.14 bits per heavy atom. The summed E-state index contributed by atoms with van der Waals surface area (Å²) in [6, 6.07) is 0. The molecule has 0 radical (unpaired) electrons. The van der Waals surface area contributed by atoms with Gasteiger partial charge in [0.1, 0.15) is 0 Å². The highest BCUT2D eigenvalue weighted by atomic mass is 16.7. The van der Waals surface area contributed by atoms with Gasteiger partial charge in [-0.05, 0) is 18.8 Å². The smallest absolute Gasteiger partial charge is 0.269 e. The largest absolute Gasteiger partial charge is 0.381 e. The summed E-state index contributed by atoms with van der Waals surface area (Å²) in [5.74, 6) is 0.344. The van der Waals surface area contributed by atoms with Crippen molar-refractivity contribution in [3.05, 3.63) is 12.2 Å². The van der Waals surface area contributed by atoms with Gasteiger partial charge in [-0.3, -0.25) is 9.63 Å². The predicted molar refractivity (Wildman–Crippen MR) is 52.5 cm³/mol. The highest BCUT2D eigenvalue weighted by Crippen LogP contribution is 2.15. The van der Waals surface area contributed by atoms with Gasteiger partial charge in [-0.15, -0.1) is 0 Å². The van der Waals surface area contributed by atoms with Crippen LogP contribution in [0.2, 0.25) is 0 Å². The molecule has 0 aromatic carbocycles. The molecule has 0 N–H and O–H groups in total. The second-order valence-electron chi connectivity index (χ2n) is 3.33. The molecule has 0 unspecified atom stereocenters. The van der Waals surface area contributed by atoms with Crippen molar-refractivity contribution in [1.82, 2.24) is 5.06 Å². The Morgan fingerprint density at radius 1 is 1.50 bits per heavy atom. The summed E-state index contributed by atoms with van der Waals surface area (Å²) in [6.45, 7) is 1.59. The van der Waals surface area contributed by atoms with Crippen LogP contribution in [0.3, 0.4) is 0 Å². The van der Waals surface area contributed by atoms with Crippen molar-refractivity contribution < 1.29 is 14.4 Å². The van der Waals surface area contributed by atoms with Gasteiger partial charge in [0, 0.05) is 26.3 Å². The van der Waals surface area contributed by atoms with E-state index in [1.54, 1.807) is 13.1 Å². The molecule has 14 heavy (non-hydrogen) atoms. The van der Waals surface area contributed by atoms with Gasteiger partial charge >= 0.3 is 0 Å². The second kappa shape index (κ2) is 5.78. The molecular weight excluding hydrogens is 182 g/mol. The van der Waals surface area contributed by atoms with Crippen LogP contribution in [-0.4, -0.2) is 38.3 Å². The van der Waals surface area contributed by atoms with E-state index in [0.717, 1.165) is 26.1 Å². The number of nitrogens with zero attached hydrogens (tertiary/aromatic N) is 1. The van der Waals surface area contributed by atoms with Crippen molar-refractivity contribution in [2.45, 2.75) is 12.8 Å². The lowest BCUT2D eigenvalue weighted by Gasteiger charge is -2.18. The number of ether oxygens (including phenoxy) is 1. The molecule has 0 bridgehead atoms. The summed E-state index contributed by atoms with van der Waals surface area (Å²) in [5.41, 5.74) is 0. The highest BCUT2D eigenvalue weighted by molar-refractivity contribution is 5.86. The fourth-order valence-corrected chi connectivity index (χ4v) is 1.32. The first-order valence-corrected chi connectivity index (χ1v) is 4.81. The molecule has 80 valence electrons. The number of carbonyl (C=O) groups is 1. The fourth-order valence-electron chi connectivity index (χ4n) is 1.32. The van der Waals surface area contributed by atoms with Gasteiger partial charge in [0.2, 0.25) is 0 Å². The van der Waals surface area contributed by atoms with E-state index in [-0.39, 0.29) is 5.91 Å². The predicted octanol–water partition coefficient (Wildman–Crippen LogP) is 0.989. The van der Waals surface area contributed by atoms with Crippen LogP contribution in [0.15, 0.2) is 12.2 Å². The van der Waals surface area contributed by atoms with Crippen molar-refractivity contribution >= 4 is 5.91 Å². The number of carbonyl (C=O) groups excluding carboxylic acids is 1. The zero-order valence-electron chi connectivity index (χ0n) is 8.73. The SMILES string of the molecule is CON(C)C(=O)/C=C/C1CCOCC1. The molecule has 1 saturated heterocycles. The van der Waals surface area contributed by atoms with Crippen LogP contribution in [-0.2, 0) is 14.4 Å². The fraction of sp³-hybridized carbons (Fsp3) is 0.700. The summed E-state index contributed by atoms with van der Waals surface area (Å²) in [7, 11) is 3.07. The molecule has 1 rings (SSSR count). The Morgan fingerprint density at radius 3 is 2.71 bits per heavy atom. The molecule has 1 fully saturated rings. The molecular formula is C10H17NO3. The molecule has 1 aliphatic rings. The summed E-state index contributed by atoms with van der Waals surface area (Å²) >= 11 is 0. The number of rotatable bonds is 3. The summed E-state index contributed by atoms with van der Waals surface area (Å²) in [5, 5.41) is 1.20. The third-order valence-electron chi connectivity index (χ3n) is 2.36. The average molecular weight is 199 g/mol. The second-order valence-corrected chi connectivity index (χ2v) is 3.33. The minimum atomic E-state index is -0.126. The lowest BCUT2D eigenvalue weighted by molar-refractivity contribution is -0.162. The zero-order chi connectivity index (χ0) is 10.4. The third-order valence-corrected chi connectivity index (χ3v) is 2.36. The van der Waals surface area contributed by atoms with Crippen molar-refractivity contribution in [2.75, 3.05) is 27.4 Å². The van der Waals surface area contributed by atoms with Crippen LogP contribution in [0, 0.1) is 5.92 Å². The van der Waals surface area contributed by atoms with Gasteiger partial charge in [-0.25, -0.2) is 5.06 Å². The van der Waals surface area contributed by atoms with Crippen LogP contribution in [0.25, 0.3) is 0 Å². The number of hydroxylamine groups is 2. The van der Waals surface area contributed by atoms with E-state index in [9.17, 15) is 4.79 Å². The summed E-state index contributed by atoms with van der Waals surface area (Å²) in [4.78, 5) is 16.1. The van der Waals surface area contributed by atoms with Crippen molar-refractivity contribution in [3.8, 4) is 0 Å². The molecule has 1 amide bonds. The maximum atomic E-state index is 11.3. The van der Waals surface area contributed by atoms with E-state index < -0.39 is 0 Å². The average Bonchev–Trinajstić information content (AvgIpc) is 2.26. The van der Waals surface area contributed by atoms with E-state index in [1.165, 1.54) is 12.2 Å². The Kier molecular flexibility index (Phi) is 4.62. The molecule has 4 heteroatoms. The van der Waals surface area contributed by atoms with Crippen molar-refractivity contribution in [3.63, 3.8) is 0 Å². The molecule has 1 heterocycles. The van der Waals surface area contributed by atoms with Gasteiger partial charge in [-0.1, -0.05) is 6.08 Å². The maximum absolute atomic E-state index is 11.3. The molecule has 1 aliphatic heterocycles. The Hall–Kier alpha value is -0.870. The summed E-state index contributed by atoms with van der Waals surface area (Å²) in [6.07, 6.45) is 5.51. The van der Waals surface area contributed by atoms with E-state index in [0.29, 0.717) is 5.92 Å². The highest BCUT2D eigenvalue weighted by Gasteiger charge is 2.11. The molecule has 0 saturated carbocycles. The van der Waals surface area contributed by atoms with E-state index >= 15 is 0 Å². The Labute approximate surface area is 84.4 Å². The lowest BCUT2D eigenvalue weighted by Crippen LogP contribution is -2.23. The minimum Gasteiger partial charge on any atom is -0.381 e. The number of hydrogen-bond acceptors (Lipinski definition) is 3. The molecule has 0 aliphatic carbocycles. The van der Waals surface area contributed by atoms with E-state index in [1.807, 2.05) is 6.08 Å². The van der Waals surface area contributed by atoms with Crippen LogP contribution >= 0.6 is 0 Å². The first-order chi connectivity index (χ1) is 6.74. The molecule has 0 spiro atoms. The number of allylic oxidation sites excluding steroid dienone is 1. The first kappa shape index (κ1) is 11.2. The van der Waals surface area contributed by atoms with Gasteiger partial charge in [0.25, 0.3) is 5.91 Å². The number of hydrogen-bond donors (Lipinski definition) is 0. The first-order valence-electron chi connectivity index (χ1n) is 4.81. The maximum Gasteiger partial charge on any atom is 0.269 e. The van der Waals surface area contributed by atoms with Crippen molar-refractivity contribution in [1.29, 1.82) is 0 Å². The Bertz CT molecular complexity index is 209. The van der Waals surface area contributed by atoms with Crippen LogP contribution in [0.5, 0.6) is 0 Å². The molecule has 0 aromatic heterocycles. The molecule has 0 atom stereocenters. The van der Waals surface area contributed by atoms with Gasteiger partial charge in [0.05, 0.1) is 7.11 Å². The van der Waals surface area contributed by atoms with Gasteiger partial charge in [0.15, 0.2) is 0 Å². The monoisotopic (exact) mass is 199 g/mol. The van der Waals surface area contributed by atoms with Crippen LogP contribution < -0.4 is 0 Å². The Balaban J connectivity index is 2.34. The third kappa shape index (κ3) is 3.47. The lowest BCUT2D eigenvalue weighted by atomic mass is 10.00. The topological polar surface area (TPSA) is 38.8 Å². The van der Waals surface area contributed by atoms with Crippen LogP contribution in [0.1, 0.15) is 12.8 Å². The standard InChI is InChI=1S/C10H17NO3/c1-11(13-2)10(12)4-3-9-5-7-14-8-6-9/h3-4,9H,5-8H2,1-2H3/b4-3+. The normalized spacial score (nSPS) is 18.7.